The molecule has 0 saturated carbocycles. The van der Waals surface area contributed by atoms with Crippen LogP contribution in [0.1, 0.15) is 12.0 Å². The van der Waals surface area contributed by atoms with Crippen molar-refractivity contribution >= 4 is 6.08 Å². The molecule has 72 valence electrons. The van der Waals surface area contributed by atoms with E-state index in [1.807, 2.05) is 22.8 Å². The summed E-state index contributed by atoms with van der Waals surface area (Å²) in [7, 11) is 0. The van der Waals surface area contributed by atoms with Crippen molar-refractivity contribution in [2.24, 2.45) is 4.99 Å². The molecule has 0 unspecified atom stereocenters. The van der Waals surface area contributed by atoms with Crippen LogP contribution in [0.4, 0.5) is 0 Å². The highest BCUT2D eigenvalue weighted by Gasteiger charge is 2.17. The van der Waals surface area contributed by atoms with Crippen molar-refractivity contribution in [1.82, 2.24) is 4.57 Å². The van der Waals surface area contributed by atoms with E-state index in [2.05, 4.69) is 4.99 Å². The van der Waals surface area contributed by atoms with Gasteiger partial charge in [-0.2, -0.15) is 0 Å². The normalized spacial score (nSPS) is 18.0. The van der Waals surface area contributed by atoms with Gasteiger partial charge < -0.3 is 9.67 Å². The molecule has 1 aromatic rings. The summed E-state index contributed by atoms with van der Waals surface area (Å²) in [6.07, 6.45) is 8.10. The summed E-state index contributed by atoms with van der Waals surface area (Å²) in [6.45, 7) is 1.65. The van der Waals surface area contributed by atoms with Gasteiger partial charge in [-0.3, -0.25) is 4.99 Å². The third-order valence-corrected chi connectivity index (χ3v) is 2.88. The summed E-state index contributed by atoms with van der Waals surface area (Å²) in [5.41, 5.74) is 1.03. The second kappa shape index (κ2) is 2.74. The Kier molecular flexibility index (Phi) is 1.54. The maximum atomic E-state index is 9.97. The van der Waals surface area contributed by atoms with Crippen LogP contribution in [0, 0.1) is 0 Å². The molecule has 0 fully saturated rings. The molecule has 3 heteroatoms. The average Bonchev–Trinajstić information content (AvgIpc) is 2.55. The lowest BCUT2D eigenvalue weighted by molar-refractivity contribution is 0.416. The molecule has 2 aliphatic rings. The van der Waals surface area contributed by atoms with Crippen LogP contribution in [0.2, 0.25) is 0 Å². The van der Waals surface area contributed by atoms with Gasteiger partial charge in [0.2, 0.25) is 0 Å². The molecule has 0 aliphatic carbocycles. The maximum absolute atomic E-state index is 9.97. The minimum absolute atomic E-state index is 0.416. The number of hydrogen-bond acceptors (Lipinski definition) is 2. The van der Waals surface area contributed by atoms with Crippen LogP contribution in [0.15, 0.2) is 17.1 Å². The lowest BCUT2D eigenvalue weighted by Gasteiger charge is -2.04. The van der Waals surface area contributed by atoms with Gasteiger partial charge in [-0.05, 0) is 18.9 Å². The molecule has 3 nitrogen and oxygen atoms in total. The molecule has 0 saturated heterocycles. The number of hydrogen-bond donors (Lipinski definition) is 1. The van der Waals surface area contributed by atoms with Crippen LogP contribution in [0.5, 0.6) is 5.88 Å². The fourth-order valence-corrected chi connectivity index (χ4v) is 2.20. The van der Waals surface area contributed by atoms with Gasteiger partial charge in [-0.25, -0.2) is 0 Å². The van der Waals surface area contributed by atoms with Gasteiger partial charge in [-0.1, -0.05) is 12.2 Å². The van der Waals surface area contributed by atoms with E-state index in [0.29, 0.717) is 5.88 Å². The molecule has 0 atom stereocenters. The molecule has 3 heterocycles. The number of aromatic hydroxyl groups is 1. The fraction of sp³-hybridized carbons (Fsp3) is 0.364. The summed E-state index contributed by atoms with van der Waals surface area (Å²) in [4.78, 5) is 4.48. The number of allylic oxidation sites excluding steroid dienone is 2. The average molecular weight is 188 g/mol. The van der Waals surface area contributed by atoms with E-state index in [-0.39, 0.29) is 0 Å². The molecule has 0 aromatic carbocycles. The molecule has 0 radical (unpaired) electrons. The molecule has 0 amide bonds. The monoisotopic (exact) mass is 188 g/mol. The van der Waals surface area contributed by atoms with Gasteiger partial charge in [-0.15, -0.1) is 0 Å². The van der Waals surface area contributed by atoms with E-state index in [1.54, 1.807) is 0 Å². The number of rotatable bonds is 0. The first-order chi connectivity index (χ1) is 6.88. The topological polar surface area (TPSA) is 37.5 Å². The summed E-state index contributed by atoms with van der Waals surface area (Å²) in [5, 5.41) is 12.1. The highest BCUT2D eigenvalue weighted by molar-refractivity contribution is 5.42. The molecule has 2 aliphatic heterocycles. The summed E-state index contributed by atoms with van der Waals surface area (Å²) < 4.78 is 1.93. The molecule has 0 spiro atoms. The molecular formula is C11H12N2O. The minimum Gasteiger partial charge on any atom is -0.494 e. The Morgan fingerprint density at radius 1 is 1.43 bits per heavy atom. The van der Waals surface area contributed by atoms with E-state index >= 15 is 0 Å². The van der Waals surface area contributed by atoms with Crippen molar-refractivity contribution in [3.63, 3.8) is 0 Å². The van der Waals surface area contributed by atoms with Gasteiger partial charge in [0.05, 0.1) is 10.7 Å². The summed E-state index contributed by atoms with van der Waals surface area (Å²) in [6, 6.07) is 0. The van der Waals surface area contributed by atoms with Crippen molar-refractivity contribution in [2.45, 2.75) is 19.4 Å². The maximum Gasteiger partial charge on any atom is 0.197 e. The van der Waals surface area contributed by atoms with Gasteiger partial charge >= 0.3 is 0 Å². The second-order valence-corrected chi connectivity index (χ2v) is 3.73. The van der Waals surface area contributed by atoms with Crippen LogP contribution >= 0.6 is 0 Å². The predicted octanol–water partition coefficient (Wildman–Crippen LogP) is 0.110. The first-order valence-corrected chi connectivity index (χ1v) is 4.99. The number of nitrogens with zero attached hydrogens (tertiary/aromatic N) is 2. The lowest BCUT2D eigenvalue weighted by atomic mass is 10.1. The quantitative estimate of drug-likeness (QED) is 0.616. The lowest BCUT2D eigenvalue weighted by Crippen LogP contribution is -2.33. The van der Waals surface area contributed by atoms with Crippen LogP contribution in [-0.4, -0.2) is 16.2 Å². The third kappa shape index (κ3) is 0.895. The Labute approximate surface area is 81.7 Å². The molecular weight excluding hydrogens is 176 g/mol. The van der Waals surface area contributed by atoms with Gasteiger partial charge in [0, 0.05) is 18.7 Å². The van der Waals surface area contributed by atoms with Gasteiger partial charge in [0.25, 0.3) is 0 Å². The number of fused-ring (bicyclic) bond motifs is 3. The zero-order valence-electron chi connectivity index (χ0n) is 7.90. The SMILES string of the molecule is Oc1c2c(c3n1CC=CC=3)=NCCC2. The van der Waals surface area contributed by atoms with E-state index in [0.717, 1.165) is 42.2 Å². The molecule has 3 rings (SSSR count). The van der Waals surface area contributed by atoms with Crippen molar-refractivity contribution in [2.75, 3.05) is 6.54 Å². The van der Waals surface area contributed by atoms with E-state index in [9.17, 15) is 5.11 Å². The van der Waals surface area contributed by atoms with Crippen molar-refractivity contribution in [3.05, 3.63) is 28.4 Å². The largest absolute Gasteiger partial charge is 0.494 e. The molecule has 1 N–H and O–H groups in total. The van der Waals surface area contributed by atoms with Gasteiger partial charge in [0.1, 0.15) is 0 Å². The molecule has 0 bridgehead atoms. The third-order valence-electron chi connectivity index (χ3n) is 2.88. The van der Waals surface area contributed by atoms with Gasteiger partial charge in [0.15, 0.2) is 5.88 Å². The van der Waals surface area contributed by atoms with E-state index < -0.39 is 0 Å². The van der Waals surface area contributed by atoms with E-state index in [4.69, 9.17) is 0 Å². The van der Waals surface area contributed by atoms with Crippen LogP contribution in [0.3, 0.4) is 0 Å². The van der Waals surface area contributed by atoms with E-state index in [1.165, 1.54) is 0 Å². The number of aromatic nitrogens is 1. The fourth-order valence-electron chi connectivity index (χ4n) is 2.20. The van der Waals surface area contributed by atoms with Crippen molar-refractivity contribution in [1.29, 1.82) is 0 Å². The minimum atomic E-state index is 0.416. The van der Waals surface area contributed by atoms with Crippen molar-refractivity contribution < 1.29 is 5.11 Å². The zero-order valence-corrected chi connectivity index (χ0v) is 7.90. The Hall–Kier alpha value is -1.51. The molecule has 14 heavy (non-hydrogen) atoms. The Bertz CT molecular complexity index is 519. The second-order valence-electron chi connectivity index (χ2n) is 3.73. The summed E-state index contributed by atoms with van der Waals surface area (Å²) >= 11 is 0. The highest BCUT2D eigenvalue weighted by Crippen LogP contribution is 2.16. The predicted molar refractivity (Wildman–Crippen MR) is 53.7 cm³/mol. The van der Waals surface area contributed by atoms with Crippen LogP contribution in [0.25, 0.3) is 6.08 Å². The smallest absolute Gasteiger partial charge is 0.197 e. The first-order valence-electron chi connectivity index (χ1n) is 4.99. The van der Waals surface area contributed by atoms with Crippen molar-refractivity contribution in [3.8, 4) is 5.88 Å². The summed E-state index contributed by atoms with van der Waals surface area (Å²) in [5.74, 6) is 0.416. The highest BCUT2D eigenvalue weighted by atomic mass is 16.3. The van der Waals surface area contributed by atoms with Crippen LogP contribution in [-0.2, 0) is 13.0 Å². The Balaban J connectivity index is 2.45. The Morgan fingerprint density at radius 2 is 2.36 bits per heavy atom. The standard InChI is InChI=1S/C11H12N2O/c14-11-8-4-3-6-12-10(8)9-5-1-2-7-13(9)11/h1-2,5,14H,3-4,6-7H2. The zero-order chi connectivity index (χ0) is 9.54. The Morgan fingerprint density at radius 3 is 3.29 bits per heavy atom. The first kappa shape index (κ1) is 7.85. The molecule has 1 aromatic heterocycles. The van der Waals surface area contributed by atoms with Crippen LogP contribution < -0.4 is 10.7 Å².